The lowest BCUT2D eigenvalue weighted by Crippen LogP contribution is -2.21. The number of hydrogen-bond donors (Lipinski definition) is 0. The van der Waals surface area contributed by atoms with E-state index in [-0.39, 0.29) is 6.10 Å². The van der Waals surface area contributed by atoms with Gasteiger partial charge in [0.25, 0.3) is 0 Å². The van der Waals surface area contributed by atoms with Crippen LogP contribution < -0.4 is 5.11 Å². The maximum Gasteiger partial charge on any atom is -0.0664 e. The summed E-state index contributed by atoms with van der Waals surface area (Å²) in [5, 5.41) is 10.3. The fourth-order valence-electron chi connectivity index (χ4n) is 0.289. The largest absolute Gasteiger partial charge is 0.852 e. The molecular weight excluding hydrogens is 76.1 g/mol. The highest BCUT2D eigenvalue weighted by atomic mass is 16.3. The average molecular weight is 87.1 g/mol. The van der Waals surface area contributed by atoms with Crippen molar-refractivity contribution >= 4 is 0 Å². The zero-order chi connectivity index (χ0) is 4.99. The Morgan fingerprint density at radius 2 is 1.67 bits per heavy atom. The van der Waals surface area contributed by atoms with Gasteiger partial charge in [-0.15, -0.1) is 6.10 Å². The van der Waals surface area contributed by atoms with Gasteiger partial charge in [-0.05, 0) is 0 Å². The summed E-state index contributed by atoms with van der Waals surface area (Å²) >= 11 is 0. The van der Waals surface area contributed by atoms with E-state index in [4.69, 9.17) is 0 Å². The zero-order valence-electron chi connectivity index (χ0n) is 4.40. The maximum absolute atomic E-state index is 10.3. The summed E-state index contributed by atoms with van der Waals surface area (Å²) in [6.07, 6.45) is 1.23. The van der Waals surface area contributed by atoms with Crippen molar-refractivity contribution in [2.75, 3.05) is 0 Å². The van der Waals surface area contributed by atoms with E-state index in [2.05, 4.69) is 0 Å². The minimum absolute atomic E-state index is 0.315. The lowest BCUT2D eigenvalue weighted by atomic mass is 10.2. The van der Waals surface area contributed by atoms with Crippen molar-refractivity contribution in [2.24, 2.45) is 0 Å². The third-order valence-corrected chi connectivity index (χ3v) is 0.911. The molecule has 0 spiro atoms. The van der Waals surface area contributed by atoms with Crippen LogP contribution in [0.15, 0.2) is 0 Å². The first-order valence-corrected chi connectivity index (χ1v) is 2.47. The molecule has 0 bridgehead atoms. The van der Waals surface area contributed by atoms with Gasteiger partial charge in [-0.1, -0.05) is 26.7 Å². The van der Waals surface area contributed by atoms with Gasteiger partial charge < -0.3 is 5.11 Å². The number of hydrogen-bond acceptors (Lipinski definition) is 1. The molecule has 0 aliphatic carbocycles. The fraction of sp³-hybridized carbons (Fsp3) is 1.00. The second-order valence-corrected chi connectivity index (χ2v) is 1.44. The molecule has 6 heavy (non-hydrogen) atoms. The van der Waals surface area contributed by atoms with Crippen LogP contribution in [-0.4, -0.2) is 6.10 Å². The first kappa shape index (κ1) is 5.96. The monoisotopic (exact) mass is 87.1 g/mol. The Morgan fingerprint density at radius 1 is 1.33 bits per heavy atom. The average Bonchev–Trinajstić information content (AvgIpc) is 1.65. The fourth-order valence-corrected chi connectivity index (χ4v) is 0.289. The van der Waals surface area contributed by atoms with Gasteiger partial charge in [-0.25, -0.2) is 0 Å². The predicted molar refractivity (Wildman–Crippen MR) is 24.4 cm³/mol. The minimum Gasteiger partial charge on any atom is -0.852 e. The Labute approximate surface area is 39.0 Å². The number of rotatable bonds is 2. The first-order chi connectivity index (χ1) is 2.81. The molecule has 0 fully saturated rings. The molecule has 0 aromatic heterocycles. The normalized spacial score (nSPS) is 10.0. The molecule has 0 saturated carbocycles. The molecule has 0 aromatic rings. The van der Waals surface area contributed by atoms with Gasteiger partial charge in [0.05, 0.1) is 0 Å². The standard InChI is InChI=1S/C5H11O/c1-3-5(6)4-2/h5H,3-4H2,1-2H3/q-1. The van der Waals surface area contributed by atoms with E-state index in [0.29, 0.717) is 0 Å². The summed E-state index contributed by atoms with van der Waals surface area (Å²) in [5.74, 6) is 0. The third-order valence-electron chi connectivity index (χ3n) is 0.911. The maximum atomic E-state index is 10.3. The topological polar surface area (TPSA) is 23.1 Å². The van der Waals surface area contributed by atoms with E-state index >= 15 is 0 Å². The van der Waals surface area contributed by atoms with Crippen molar-refractivity contribution in [2.45, 2.75) is 32.8 Å². The Hall–Kier alpha value is -0.0400. The van der Waals surface area contributed by atoms with E-state index in [1.807, 2.05) is 13.8 Å². The van der Waals surface area contributed by atoms with E-state index < -0.39 is 0 Å². The zero-order valence-corrected chi connectivity index (χ0v) is 4.40. The van der Waals surface area contributed by atoms with Crippen LogP contribution in [0, 0.1) is 0 Å². The summed E-state index contributed by atoms with van der Waals surface area (Å²) < 4.78 is 0. The van der Waals surface area contributed by atoms with Gasteiger partial charge >= 0.3 is 0 Å². The van der Waals surface area contributed by atoms with Crippen LogP contribution in [0.2, 0.25) is 0 Å². The van der Waals surface area contributed by atoms with E-state index in [1.54, 1.807) is 0 Å². The van der Waals surface area contributed by atoms with Gasteiger partial charge in [0.2, 0.25) is 0 Å². The van der Waals surface area contributed by atoms with Crippen molar-refractivity contribution in [3.63, 3.8) is 0 Å². The van der Waals surface area contributed by atoms with E-state index in [9.17, 15) is 5.11 Å². The molecular formula is C5H11O-. The quantitative estimate of drug-likeness (QED) is 0.482. The Bertz CT molecular complexity index is 23.1. The minimum atomic E-state index is -0.315. The molecule has 0 aliphatic rings. The molecule has 38 valence electrons. The molecule has 0 aromatic carbocycles. The van der Waals surface area contributed by atoms with Crippen LogP contribution in [0.25, 0.3) is 0 Å². The van der Waals surface area contributed by atoms with Crippen LogP contribution in [0.4, 0.5) is 0 Å². The summed E-state index contributed by atoms with van der Waals surface area (Å²) in [4.78, 5) is 0. The van der Waals surface area contributed by atoms with E-state index in [1.165, 1.54) is 0 Å². The summed E-state index contributed by atoms with van der Waals surface area (Å²) in [6, 6.07) is 0. The molecule has 0 aliphatic heterocycles. The molecule has 0 rings (SSSR count). The molecule has 0 amide bonds. The lowest BCUT2D eigenvalue weighted by Gasteiger charge is -2.15. The van der Waals surface area contributed by atoms with E-state index in [0.717, 1.165) is 12.8 Å². The van der Waals surface area contributed by atoms with Crippen molar-refractivity contribution in [3.8, 4) is 0 Å². The van der Waals surface area contributed by atoms with Crippen LogP contribution in [-0.2, 0) is 0 Å². The molecule has 0 heterocycles. The van der Waals surface area contributed by atoms with Gasteiger partial charge in [-0.3, -0.25) is 0 Å². The van der Waals surface area contributed by atoms with Gasteiger partial charge in [0.15, 0.2) is 0 Å². The second kappa shape index (κ2) is 3.16. The highest BCUT2D eigenvalue weighted by molar-refractivity contribution is 4.41. The molecule has 1 nitrogen and oxygen atoms in total. The van der Waals surface area contributed by atoms with Gasteiger partial charge in [-0.2, -0.15) is 0 Å². The highest BCUT2D eigenvalue weighted by Crippen LogP contribution is 1.87. The molecule has 1 heteroatoms. The smallest absolute Gasteiger partial charge is 0.0664 e. The molecule has 0 radical (unpaired) electrons. The summed E-state index contributed by atoms with van der Waals surface area (Å²) in [6.45, 7) is 3.84. The van der Waals surface area contributed by atoms with Crippen LogP contribution in [0.3, 0.4) is 0 Å². The SMILES string of the molecule is CCC([O-])CC. The van der Waals surface area contributed by atoms with Crippen LogP contribution in [0.5, 0.6) is 0 Å². The lowest BCUT2D eigenvalue weighted by molar-refractivity contribution is -0.420. The Morgan fingerprint density at radius 3 is 1.67 bits per heavy atom. The summed E-state index contributed by atoms with van der Waals surface area (Å²) in [7, 11) is 0. The highest BCUT2D eigenvalue weighted by Gasteiger charge is 1.78. The molecule has 0 saturated heterocycles. The van der Waals surface area contributed by atoms with Crippen LogP contribution in [0.1, 0.15) is 26.7 Å². The van der Waals surface area contributed by atoms with Gasteiger partial charge in [0, 0.05) is 0 Å². The first-order valence-electron chi connectivity index (χ1n) is 2.47. The van der Waals surface area contributed by atoms with Crippen molar-refractivity contribution in [1.29, 1.82) is 0 Å². The second-order valence-electron chi connectivity index (χ2n) is 1.44. The van der Waals surface area contributed by atoms with Crippen molar-refractivity contribution in [3.05, 3.63) is 0 Å². The summed E-state index contributed by atoms with van der Waals surface area (Å²) in [5.41, 5.74) is 0. The van der Waals surface area contributed by atoms with Gasteiger partial charge in [0.1, 0.15) is 0 Å². The third kappa shape index (κ3) is 2.21. The van der Waals surface area contributed by atoms with Crippen LogP contribution >= 0.6 is 0 Å². The molecule has 0 unspecified atom stereocenters. The molecule has 0 atom stereocenters. The molecule has 0 N–H and O–H groups in total. The van der Waals surface area contributed by atoms with Crippen molar-refractivity contribution in [1.82, 2.24) is 0 Å². The predicted octanol–water partition coefficient (Wildman–Crippen LogP) is 0.535. The Kier molecular flexibility index (Phi) is 3.14. The Balaban J connectivity index is 2.75. The van der Waals surface area contributed by atoms with Crippen molar-refractivity contribution < 1.29 is 5.11 Å².